The molecule has 3 aromatic carbocycles. The number of carbonyl (C=O) groups excluding carboxylic acids is 2. The third-order valence-electron chi connectivity index (χ3n) is 4.50. The summed E-state index contributed by atoms with van der Waals surface area (Å²) in [6.45, 7) is 0. The van der Waals surface area contributed by atoms with Crippen LogP contribution in [0.2, 0.25) is 0 Å². The molecule has 5 nitrogen and oxygen atoms in total. The van der Waals surface area contributed by atoms with Gasteiger partial charge in [0.05, 0.1) is 22.9 Å². The van der Waals surface area contributed by atoms with Crippen LogP contribution in [0.4, 0.5) is 11.4 Å². The first-order valence-electron chi connectivity index (χ1n) is 8.57. The van der Waals surface area contributed by atoms with Crippen molar-refractivity contribution in [3.63, 3.8) is 0 Å². The molecule has 1 heterocycles. The molecule has 28 heavy (non-hydrogen) atoms. The van der Waals surface area contributed by atoms with Gasteiger partial charge in [-0.1, -0.05) is 23.9 Å². The van der Waals surface area contributed by atoms with E-state index in [1.165, 1.54) is 11.8 Å². The summed E-state index contributed by atoms with van der Waals surface area (Å²) in [6, 6.07) is 21.5. The Morgan fingerprint density at radius 2 is 1.79 bits per heavy atom. The fourth-order valence-corrected chi connectivity index (χ4v) is 4.07. The minimum Gasteiger partial charge on any atom is -0.322 e. The molecule has 0 saturated carbocycles. The van der Waals surface area contributed by atoms with E-state index < -0.39 is 0 Å². The summed E-state index contributed by atoms with van der Waals surface area (Å²) in [4.78, 5) is 28.8. The number of nitrogens with one attached hydrogen (secondary N) is 1. The smallest absolute Gasteiger partial charge is 0.259 e. The summed E-state index contributed by atoms with van der Waals surface area (Å²) in [5.74, 6) is -0.361. The summed E-state index contributed by atoms with van der Waals surface area (Å²) >= 11 is 1.53. The summed E-state index contributed by atoms with van der Waals surface area (Å²) < 4.78 is 0. The number of amides is 2. The highest BCUT2D eigenvalue weighted by Gasteiger charge is 2.24. The molecule has 0 saturated heterocycles. The van der Waals surface area contributed by atoms with Crippen LogP contribution >= 0.6 is 11.8 Å². The van der Waals surface area contributed by atoms with Crippen LogP contribution in [0, 0.1) is 11.3 Å². The summed E-state index contributed by atoms with van der Waals surface area (Å²) in [5.41, 5.74) is 2.95. The second kappa shape index (κ2) is 7.22. The third-order valence-corrected chi connectivity index (χ3v) is 5.64. The molecule has 2 amide bonds. The second-order valence-corrected chi connectivity index (χ2v) is 7.37. The first-order chi connectivity index (χ1) is 13.6. The molecule has 0 aliphatic carbocycles. The molecule has 0 radical (unpaired) electrons. The fraction of sp³-hybridized carbons (Fsp3) is 0.0455. The zero-order valence-electron chi connectivity index (χ0n) is 15.0. The third kappa shape index (κ3) is 3.24. The Labute approximate surface area is 166 Å². The predicted octanol–water partition coefficient (Wildman–Crippen LogP) is 4.55. The van der Waals surface area contributed by atoms with Crippen molar-refractivity contribution in [3.8, 4) is 6.07 Å². The highest BCUT2D eigenvalue weighted by atomic mass is 32.2. The van der Waals surface area contributed by atoms with Gasteiger partial charge in [0.2, 0.25) is 0 Å². The maximum Gasteiger partial charge on any atom is 0.259 e. The van der Waals surface area contributed by atoms with E-state index in [0.717, 1.165) is 15.5 Å². The fourth-order valence-electron chi connectivity index (χ4n) is 2.98. The average molecular weight is 385 g/mol. The van der Waals surface area contributed by atoms with Crippen LogP contribution in [0.1, 0.15) is 26.3 Å². The number of hydrogen-bond acceptors (Lipinski definition) is 4. The zero-order chi connectivity index (χ0) is 19.7. The maximum atomic E-state index is 12.8. The number of benzene rings is 3. The lowest BCUT2D eigenvalue weighted by Crippen LogP contribution is -2.26. The number of nitriles is 1. The first kappa shape index (κ1) is 17.8. The molecular weight excluding hydrogens is 370 g/mol. The SMILES string of the molecule is CN1C(=O)c2ccccc2Sc2ccc(NC(=O)c3ccc(C#N)cc3)cc21. The number of anilines is 2. The van der Waals surface area contributed by atoms with Crippen LogP contribution < -0.4 is 10.2 Å². The van der Waals surface area contributed by atoms with Gasteiger partial charge in [0.1, 0.15) is 0 Å². The van der Waals surface area contributed by atoms with Crippen molar-refractivity contribution in [2.75, 3.05) is 17.3 Å². The normalized spacial score (nSPS) is 12.4. The summed E-state index contributed by atoms with van der Waals surface area (Å²) in [6.07, 6.45) is 0. The monoisotopic (exact) mass is 385 g/mol. The zero-order valence-corrected chi connectivity index (χ0v) is 15.8. The highest BCUT2D eigenvalue weighted by Crippen LogP contribution is 2.41. The van der Waals surface area contributed by atoms with Crippen LogP contribution in [0.15, 0.2) is 76.5 Å². The molecule has 0 spiro atoms. The number of nitrogens with zero attached hydrogens (tertiary/aromatic N) is 2. The van der Waals surface area contributed by atoms with Gasteiger partial charge in [0.15, 0.2) is 0 Å². The molecule has 1 N–H and O–H groups in total. The molecule has 0 fully saturated rings. The Bertz CT molecular complexity index is 1130. The highest BCUT2D eigenvalue weighted by molar-refractivity contribution is 7.99. The minimum atomic E-state index is -0.275. The molecule has 0 bridgehead atoms. The molecule has 136 valence electrons. The Morgan fingerprint density at radius 3 is 2.54 bits per heavy atom. The Kier molecular flexibility index (Phi) is 4.60. The van der Waals surface area contributed by atoms with E-state index in [9.17, 15) is 9.59 Å². The quantitative estimate of drug-likeness (QED) is 0.702. The lowest BCUT2D eigenvalue weighted by atomic mass is 10.1. The summed E-state index contributed by atoms with van der Waals surface area (Å²) in [5, 5.41) is 11.7. The van der Waals surface area contributed by atoms with Crippen molar-refractivity contribution in [2.45, 2.75) is 9.79 Å². The van der Waals surface area contributed by atoms with Gasteiger partial charge >= 0.3 is 0 Å². The number of fused-ring (bicyclic) bond motifs is 2. The van der Waals surface area contributed by atoms with E-state index in [2.05, 4.69) is 5.32 Å². The molecule has 0 atom stereocenters. The molecule has 6 heteroatoms. The van der Waals surface area contributed by atoms with Crippen LogP contribution in [0.5, 0.6) is 0 Å². The number of carbonyl (C=O) groups is 2. The Hall–Kier alpha value is -3.56. The second-order valence-electron chi connectivity index (χ2n) is 6.29. The van der Waals surface area contributed by atoms with Gasteiger partial charge in [-0.15, -0.1) is 0 Å². The first-order valence-corrected chi connectivity index (χ1v) is 9.39. The summed E-state index contributed by atoms with van der Waals surface area (Å²) in [7, 11) is 1.73. The van der Waals surface area contributed by atoms with Crippen LogP contribution in [0.3, 0.4) is 0 Å². The Morgan fingerprint density at radius 1 is 1.04 bits per heavy atom. The minimum absolute atomic E-state index is 0.0857. The lowest BCUT2D eigenvalue weighted by Gasteiger charge is -2.18. The van der Waals surface area contributed by atoms with Gasteiger partial charge < -0.3 is 10.2 Å². The number of rotatable bonds is 2. The standard InChI is InChI=1S/C22H15N3O2S/c1-25-18-12-16(24-21(26)15-8-6-14(13-23)7-9-15)10-11-20(18)28-19-5-3-2-4-17(19)22(25)27/h2-12H,1H3,(H,24,26). The van der Waals surface area contributed by atoms with Crippen LogP contribution in [0.25, 0.3) is 0 Å². The molecule has 1 aliphatic heterocycles. The molecule has 1 aliphatic rings. The van der Waals surface area contributed by atoms with Crippen molar-refractivity contribution in [2.24, 2.45) is 0 Å². The van der Waals surface area contributed by atoms with Gasteiger partial charge in [-0.3, -0.25) is 9.59 Å². The van der Waals surface area contributed by atoms with Crippen LogP contribution in [-0.4, -0.2) is 18.9 Å². The van der Waals surface area contributed by atoms with Gasteiger partial charge in [0, 0.05) is 28.1 Å². The Balaban J connectivity index is 1.63. The van der Waals surface area contributed by atoms with Gasteiger partial charge in [-0.2, -0.15) is 5.26 Å². The molecule has 3 aromatic rings. The van der Waals surface area contributed by atoms with Crippen molar-refractivity contribution >= 4 is 35.0 Å². The molecule has 0 aromatic heterocycles. The maximum absolute atomic E-state index is 12.8. The van der Waals surface area contributed by atoms with E-state index in [4.69, 9.17) is 5.26 Å². The molecule has 4 rings (SSSR count). The van der Waals surface area contributed by atoms with E-state index >= 15 is 0 Å². The predicted molar refractivity (Wildman–Crippen MR) is 109 cm³/mol. The van der Waals surface area contributed by atoms with E-state index in [1.807, 2.05) is 42.5 Å². The van der Waals surface area contributed by atoms with Crippen molar-refractivity contribution in [3.05, 3.63) is 83.4 Å². The topological polar surface area (TPSA) is 73.2 Å². The van der Waals surface area contributed by atoms with Crippen molar-refractivity contribution in [1.82, 2.24) is 0 Å². The van der Waals surface area contributed by atoms with Crippen molar-refractivity contribution in [1.29, 1.82) is 5.26 Å². The molecular formula is C22H15N3O2S. The largest absolute Gasteiger partial charge is 0.322 e. The average Bonchev–Trinajstić information content (AvgIpc) is 2.83. The van der Waals surface area contributed by atoms with E-state index in [1.54, 1.807) is 42.3 Å². The number of hydrogen-bond donors (Lipinski definition) is 1. The van der Waals surface area contributed by atoms with Crippen LogP contribution in [-0.2, 0) is 0 Å². The van der Waals surface area contributed by atoms with Gasteiger partial charge in [-0.05, 0) is 54.6 Å². The van der Waals surface area contributed by atoms with Gasteiger partial charge in [0.25, 0.3) is 11.8 Å². The van der Waals surface area contributed by atoms with E-state index in [0.29, 0.717) is 22.4 Å². The van der Waals surface area contributed by atoms with E-state index in [-0.39, 0.29) is 11.8 Å². The lowest BCUT2D eigenvalue weighted by molar-refractivity contribution is 0.0989. The van der Waals surface area contributed by atoms with Gasteiger partial charge in [-0.25, -0.2) is 0 Å². The van der Waals surface area contributed by atoms with Crippen molar-refractivity contribution < 1.29 is 9.59 Å². The molecule has 0 unspecified atom stereocenters.